The molecule has 0 aliphatic rings. The molecule has 0 amide bonds. The van der Waals surface area contributed by atoms with E-state index < -0.39 is 0 Å². The van der Waals surface area contributed by atoms with Crippen LogP contribution in [0.5, 0.6) is 0 Å². The van der Waals surface area contributed by atoms with Gasteiger partial charge in [0, 0.05) is 6.04 Å². The van der Waals surface area contributed by atoms with Crippen LogP contribution in [0, 0.1) is 11.3 Å². The third kappa shape index (κ3) is 4.12. The first-order chi connectivity index (χ1) is 5.97. The summed E-state index contributed by atoms with van der Waals surface area (Å²) in [5.74, 6) is 0.829. The molecule has 0 saturated carbocycles. The number of rotatable bonds is 5. The first-order valence-electron chi connectivity index (χ1n) is 5.64. The van der Waals surface area contributed by atoms with Crippen LogP contribution in [0.15, 0.2) is 0 Å². The number of hydrogen-bond acceptors (Lipinski definition) is 1. The van der Waals surface area contributed by atoms with Crippen LogP contribution in [0.2, 0.25) is 0 Å². The predicted octanol–water partition coefficient (Wildman–Crippen LogP) is 3.45. The molecule has 0 aromatic carbocycles. The summed E-state index contributed by atoms with van der Waals surface area (Å²) in [5.41, 5.74) is 0.380. The number of hydrogen-bond donors (Lipinski definition) is 1. The van der Waals surface area contributed by atoms with Crippen molar-refractivity contribution >= 4 is 0 Å². The molecule has 0 spiro atoms. The molecule has 13 heavy (non-hydrogen) atoms. The lowest BCUT2D eigenvalue weighted by Gasteiger charge is -2.36. The van der Waals surface area contributed by atoms with Crippen molar-refractivity contribution in [3.05, 3.63) is 0 Å². The van der Waals surface area contributed by atoms with E-state index in [0.29, 0.717) is 11.5 Å². The molecule has 0 saturated heterocycles. The molecule has 0 aromatic heterocycles. The Morgan fingerprint density at radius 3 is 1.92 bits per heavy atom. The highest BCUT2D eigenvalue weighted by Gasteiger charge is 2.28. The molecule has 0 aliphatic heterocycles. The Morgan fingerprint density at radius 1 is 1.15 bits per heavy atom. The molecule has 0 rings (SSSR count). The van der Waals surface area contributed by atoms with Gasteiger partial charge in [-0.3, -0.25) is 0 Å². The van der Waals surface area contributed by atoms with Gasteiger partial charge in [-0.25, -0.2) is 0 Å². The van der Waals surface area contributed by atoms with Crippen molar-refractivity contribution in [2.75, 3.05) is 7.05 Å². The predicted molar refractivity (Wildman–Crippen MR) is 61.0 cm³/mol. The van der Waals surface area contributed by atoms with Gasteiger partial charge in [-0.05, 0) is 24.8 Å². The van der Waals surface area contributed by atoms with Crippen LogP contribution in [0.4, 0.5) is 0 Å². The van der Waals surface area contributed by atoms with Gasteiger partial charge in [-0.1, -0.05) is 47.5 Å². The Morgan fingerprint density at radius 2 is 1.69 bits per heavy atom. The van der Waals surface area contributed by atoms with Crippen LogP contribution in [0.25, 0.3) is 0 Å². The van der Waals surface area contributed by atoms with Crippen molar-refractivity contribution in [1.29, 1.82) is 0 Å². The Balaban J connectivity index is 4.34. The van der Waals surface area contributed by atoms with Crippen molar-refractivity contribution < 1.29 is 0 Å². The second-order valence-electron chi connectivity index (χ2n) is 5.09. The van der Waals surface area contributed by atoms with E-state index in [1.807, 2.05) is 0 Å². The Kier molecular flexibility index (Phi) is 5.62. The van der Waals surface area contributed by atoms with Crippen molar-refractivity contribution in [2.45, 2.75) is 59.9 Å². The minimum Gasteiger partial charge on any atom is -0.316 e. The van der Waals surface area contributed by atoms with Crippen molar-refractivity contribution in [3.63, 3.8) is 0 Å². The first kappa shape index (κ1) is 13.0. The highest BCUT2D eigenvalue weighted by Crippen LogP contribution is 2.29. The molecule has 1 unspecified atom stereocenters. The fourth-order valence-corrected chi connectivity index (χ4v) is 2.35. The molecule has 1 heteroatoms. The van der Waals surface area contributed by atoms with Crippen LogP contribution in [0.3, 0.4) is 0 Å². The molecule has 80 valence electrons. The van der Waals surface area contributed by atoms with E-state index in [9.17, 15) is 0 Å². The maximum atomic E-state index is 3.48. The van der Waals surface area contributed by atoms with Crippen LogP contribution in [0.1, 0.15) is 53.9 Å². The molecule has 2 atom stereocenters. The van der Waals surface area contributed by atoms with Crippen molar-refractivity contribution in [3.8, 4) is 0 Å². The third-order valence-corrected chi connectivity index (χ3v) is 2.90. The largest absolute Gasteiger partial charge is 0.316 e. The van der Waals surface area contributed by atoms with E-state index in [1.54, 1.807) is 0 Å². The molecule has 0 aliphatic carbocycles. The van der Waals surface area contributed by atoms with E-state index in [2.05, 4.69) is 47.0 Å². The quantitative estimate of drug-likeness (QED) is 0.692. The van der Waals surface area contributed by atoms with Gasteiger partial charge in [-0.2, -0.15) is 0 Å². The second-order valence-corrected chi connectivity index (χ2v) is 5.09. The zero-order chi connectivity index (χ0) is 10.5. The Labute approximate surface area is 84.3 Å². The van der Waals surface area contributed by atoms with Crippen LogP contribution in [-0.4, -0.2) is 13.1 Å². The SMILES string of the molecule is CCCC(CC)[C@@H](NC)C(C)(C)C. The lowest BCUT2D eigenvalue weighted by atomic mass is 9.76. The fraction of sp³-hybridized carbons (Fsp3) is 1.00. The van der Waals surface area contributed by atoms with Crippen LogP contribution < -0.4 is 5.32 Å². The lowest BCUT2D eigenvalue weighted by Crippen LogP contribution is -2.43. The molecule has 0 radical (unpaired) electrons. The van der Waals surface area contributed by atoms with E-state index >= 15 is 0 Å². The summed E-state index contributed by atoms with van der Waals surface area (Å²) < 4.78 is 0. The molecule has 0 fully saturated rings. The van der Waals surface area contributed by atoms with Gasteiger partial charge in [0.25, 0.3) is 0 Å². The first-order valence-corrected chi connectivity index (χ1v) is 5.64. The average molecular weight is 185 g/mol. The van der Waals surface area contributed by atoms with Crippen LogP contribution >= 0.6 is 0 Å². The van der Waals surface area contributed by atoms with Crippen molar-refractivity contribution in [2.24, 2.45) is 11.3 Å². The second kappa shape index (κ2) is 5.64. The molecule has 1 N–H and O–H groups in total. The minimum atomic E-state index is 0.380. The summed E-state index contributed by atoms with van der Waals surface area (Å²) in [5, 5.41) is 3.48. The smallest absolute Gasteiger partial charge is 0.0141 e. The molecular formula is C12H27N. The third-order valence-electron chi connectivity index (χ3n) is 2.90. The van der Waals surface area contributed by atoms with Gasteiger partial charge in [0.1, 0.15) is 0 Å². The van der Waals surface area contributed by atoms with Gasteiger partial charge in [-0.15, -0.1) is 0 Å². The lowest BCUT2D eigenvalue weighted by molar-refractivity contribution is 0.188. The van der Waals surface area contributed by atoms with Gasteiger partial charge in [0.2, 0.25) is 0 Å². The maximum Gasteiger partial charge on any atom is 0.0141 e. The normalized spacial score (nSPS) is 17.1. The molecular weight excluding hydrogens is 158 g/mol. The maximum absolute atomic E-state index is 3.48. The summed E-state index contributed by atoms with van der Waals surface area (Å²) in [6.07, 6.45) is 3.93. The standard InChI is InChI=1S/C12H27N/c1-7-9-10(8-2)11(13-6)12(3,4)5/h10-11,13H,7-9H2,1-6H3/t10?,11-/m1/s1. The summed E-state index contributed by atoms with van der Waals surface area (Å²) in [7, 11) is 2.09. The Bertz CT molecular complexity index is 124. The zero-order valence-electron chi connectivity index (χ0n) is 10.3. The summed E-state index contributed by atoms with van der Waals surface area (Å²) in [4.78, 5) is 0. The van der Waals surface area contributed by atoms with E-state index in [-0.39, 0.29) is 0 Å². The molecule has 1 nitrogen and oxygen atoms in total. The van der Waals surface area contributed by atoms with E-state index in [4.69, 9.17) is 0 Å². The van der Waals surface area contributed by atoms with E-state index in [0.717, 1.165) is 5.92 Å². The topological polar surface area (TPSA) is 12.0 Å². The highest BCUT2D eigenvalue weighted by molar-refractivity contribution is 4.84. The van der Waals surface area contributed by atoms with Gasteiger partial charge in [0.05, 0.1) is 0 Å². The summed E-state index contributed by atoms with van der Waals surface area (Å²) >= 11 is 0. The molecule has 0 aromatic rings. The molecule has 0 bridgehead atoms. The van der Waals surface area contributed by atoms with E-state index in [1.165, 1.54) is 19.3 Å². The highest BCUT2D eigenvalue weighted by atomic mass is 14.9. The Hall–Kier alpha value is -0.0400. The zero-order valence-corrected chi connectivity index (χ0v) is 10.3. The van der Waals surface area contributed by atoms with Crippen molar-refractivity contribution in [1.82, 2.24) is 5.32 Å². The monoisotopic (exact) mass is 185 g/mol. The fourth-order valence-electron chi connectivity index (χ4n) is 2.35. The average Bonchev–Trinajstić information content (AvgIpc) is 2.01. The minimum absolute atomic E-state index is 0.380. The summed E-state index contributed by atoms with van der Waals surface area (Å²) in [6.45, 7) is 11.6. The van der Waals surface area contributed by atoms with Gasteiger partial charge >= 0.3 is 0 Å². The number of nitrogens with one attached hydrogen (secondary N) is 1. The summed E-state index contributed by atoms with van der Waals surface area (Å²) in [6, 6.07) is 0.650. The van der Waals surface area contributed by atoms with Gasteiger partial charge in [0.15, 0.2) is 0 Å². The van der Waals surface area contributed by atoms with Gasteiger partial charge < -0.3 is 5.32 Å². The van der Waals surface area contributed by atoms with Crippen LogP contribution in [-0.2, 0) is 0 Å². The molecule has 0 heterocycles.